The molecule has 110 valence electrons. The molecule has 0 aliphatic heterocycles. The van der Waals surface area contributed by atoms with E-state index in [1.807, 2.05) is 30.3 Å². The lowest BCUT2D eigenvalue weighted by molar-refractivity contribution is 0.482. The van der Waals surface area contributed by atoms with E-state index in [2.05, 4.69) is 21.2 Å². The number of benzene rings is 2. The Morgan fingerprint density at radius 3 is 2.33 bits per heavy atom. The predicted octanol–water partition coefficient (Wildman–Crippen LogP) is 5.80. The van der Waals surface area contributed by atoms with Crippen molar-refractivity contribution in [3.63, 3.8) is 0 Å². The summed E-state index contributed by atoms with van der Waals surface area (Å²) in [4.78, 5) is 0. The summed E-state index contributed by atoms with van der Waals surface area (Å²) in [5.41, 5.74) is 1.15. The molecule has 1 aliphatic rings. The third kappa shape index (κ3) is 4.13. The highest BCUT2D eigenvalue weighted by Crippen LogP contribution is 2.35. The third-order valence-electron chi connectivity index (χ3n) is 3.28. The van der Waals surface area contributed by atoms with Crippen LogP contribution in [0.15, 0.2) is 40.9 Å². The predicted molar refractivity (Wildman–Crippen MR) is 90.5 cm³/mol. The van der Waals surface area contributed by atoms with Crippen molar-refractivity contribution in [2.24, 2.45) is 0 Å². The Morgan fingerprint density at radius 1 is 1.05 bits per heavy atom. The average Bonchev–Trinajstić information content (AvgIpc) is 3.26. The van der Waals surface area contributed by atoms with Gasteiger partial charge in [0.2, 0.25) is 0 Å². The van der Waals surface area contributed by atoms with Gasteiger partial charge in [-0.2, -0.15) is 0 Å². The zero-order chi connectivity index (χ0) is 14.8. The first-order valence-corrected chi connectivity index (χ1v) is 8.31. The summed E-state index contributed by atoms with van der Waals surface area (Å²) in [6.07, 6.45) is 2.55. The average molecular weight is 387 g/mol. The first kappa shape index (κ1) is 15.2. The Kier molecular flexibility index (Phi) is 4.75. The minimum Gasteiger partial charge on any atom is -0.454 e. The van der Waals surface area contributed by atoms with Crippen molar-refractivity contribution < 1.29 is 4.74 Å². The Hall–Kier alpha value is -0.740. The Morgan fingerprint density at radius 2 is 1.71 bits per heavy atom. The van der Waals surface area contributed by atoms with Gasteiger partial charge in [0.1, 0.15) is 11.5 Å². The largest absolute Gasteiger partial charge is 0.454 e. The minimum absolute atomic E-state index is 0.542. The van der Waals surface area contributed by atoms with Crippen molar-refractivity contribution in [3.8, 4) is 11.5 Å². The molecule has 2 nitrogen and oxygen atoms in total. The van der Waals surface area contributed by atoms with E-state index in [0.717, 1.165) is 16.6 Å². The number of hydrogen-bond donors (Lipinski definition) is 1. The highest BCUT2D eigenvalue weighted by Gasteiger charge is 2.20. The van der Waals surface area contributed by atoms with E-state index in [-0.39, 0.29) is 0 Å². The fraction of sp³-hybridized carbons (Fsp3) is 0.250. The molecule has 0 heterocycles. The Labute approximate surface area is 142 Å². The monoisotopic (exact) mass is 385 g/mol. The lowest BCUT2D eigenvalue weighted by Gasteiger charge is -2.11. The molecule has 0 radical (unpaired) electrons. The number of ether oxygens (including phenoxy) is 1. The second kappa shape index (κ2) is 6.57. The number of halogens is 3. The van der Waals surface area contributed by atoms with Gasteiger partial charge in [0.15, 0.2) is 0 Å². The van der Waals surface area contributed by atoms with Crippen molar-refractivity contribution in [2.75, 3.05) is 0 Å². The Balaban J connectivity index is 1.72. The standard InChI is InChI=1S/C16H14BrCl2NO/c17-11-2-6-16(14(19)8-11)21-15-5-1-10(7-13(15)18)9-20-12-3-4-12/h1-2,5-8,12,20H,3-4,9H2. The topological polar surface area (TPSA) is 21.3 Å². The molecule has 1 saturated carbocycles. The summed E-state index contributed by atoms with van der Waals surface area (Å²) in [5, 5.41) is 4.59. The minimum atomic E-state index is 0.542. The van der Waals surface area contributed by atoms with Crippen LogP contribution in [0.5, 0.6) is 11.5 Å². The van der Waals surface area contributed by atoms with Crippen molar-refractivity contribution >= 4 is 39.1 Å². The van der Waals surface area contributed by atoms with Gasteiger partial charge in [-0.15, -0.1) is 0 Å². The maximum Gasteiger partial charge on any atom is 0.146 e. The molecule has 1 fully saturated rings. The van der Waals surface area contributed by atoms with Crippen LogP contribution in [0.3, 0.4) is 0 Å². The van der Waals surface area contributed by atoms with Crippen molar-refractivity contribution in [1.29, 1.82) is 0 Å². The van der Waals surface area contributed by atoms with E-state index >= 15 is 0 Å². The van der Waals surface area contributed by atoms with Gasteiger partial charge in [-0.1, -0.05) is 45.2 Å². The third-order valence-corrected chi connectivity index (χ3v) is 4.37. The van der Waals surface area contributed by atoms with E-state index in [0.29, 0.717) is 27.6 Å². The summed E-state index contributed by atoms with van der Waals surface area (Å²) in [5.74, 6) is 1.20. The quantitative estimate of drug-likeness (QED) is 0.700. The van der Waals surface area contributed by atoms with Crippen molar-refractivity contribution in [1.82, 2.24) is 5.32 Å². The van der Waals surface area contributed by atoms with Crippen LogP contribution in [0.4, 0.5) is 0 Å². The lowest BCUT2D eigenvalue weighted by atomic mass is 10.2. The highest BCUT2D eigenvalue weighted by atomic mass is 79.9. The molecule has 0 amide bonds. The summed E-state index contributed by atoms with van der Waals surface area (Å²) < 4.78 is 6.69. The van der Waals surface area contributed by atoms with Gasteiger partial charge in [-0.25, -0.2) is 0 Å². The second-order valence-corrected chi connectivity index (χ2v) is 6.83. The van der Waals surface area contributed by atoms with Gasteiger partial charge in [0, 0.05) is 17.1 Å². The van der Waals surface area contributed by atoms with Crippen LogP contribution in [-0.2, 0) is 6.54 Å². The molecule has 0 atom stereocenters. The molecule has 2 aromatic carbocycles. The SMILES string of the molecule is Clc1cc(Br)ccc1Oc1ccc(CNC2CC2)cc1Cl. The molecule has 2 aromatic rings. The highest BCUT2D eigenvalue weighted by molar-refractivity contribution is 9.10. The van der Waals surface area contributed by atoms with Crippen LogP contribution >= 0.6 is 39.1 Å². The van der Waals surface area contributed by atoms with Crippen LogP contribution in [0.25, 0.3) is 0 Å². The van der Waals surface area contributed by atoms with Crippen molar-refractivity contribution in [2.45, 2.75) is 25.4 Å². The lowest BCUT2D eigenvalue weighted by Crippen LogP contribution is -2.15. The normalized spacial score (nSPS) is 14.2. The molecule has 1 aliphatic carbocycles. The summed E-state index contributed by atoms with van der Waals surface area (Å²) in [7, 11) is 0. The number of hydrogen-bond acceptors (Lipinski definition) is 2. The van der Waals surface area contributed by atoms with E-state index in [4.69, 9.17) is 27.9 Å². The zero-order valence-corrected chi connectivity index (χ0v) is 14.3. The molecule has 0 bridgehead atoms. The smallest absolute Gasteiger partial charge is 0.146 e. The second-order valence-electron chi connectivity index (χ2n) is 5.10. The van der Waals surface area contributed by atoms with Gasteiger partial charge in [-0.05, 0) is 48.7 Å². The van der Waals surface area contributed by atoms with Gasteiger partial charge in [0.05, 0.1) is 10.0 Å². The van der Waals surface area contributed by atoms with Crippen LogP contribution < -0.4 is 10.1 Å². The first-order valence-electron chi connectivity index (χ1n) is 6.76. The van der Waals surface area contributed by atoms with Crippen LogP contribution in [0, 0.1) is 0 Å². The van der Waals surface area contributed by atoms with Crippen molar-refractivity contribution in [3.05, 3.63) is 56.5 Å². The number of rotatable bonds is 5. The van der Waals surface area contributed by atoms with Crippen LogP contribution in [-0.4, -0.2) is 6.04 Å². The molecule has 0 saturated heterocycles. The zero-order valence-electron chi connectivity index (χ0n) is 11.2. The van der Waals surface area contributed by atoms with Gasteiger partial charge < -0.3 is 10.1 Å². The summed E-state index contributed by atoms with van der Waals surface area (Å²) >= 11 is 15.8. The molecule has 0 unspecified atom stereocenters. The fourth-order valence-electron chi connectivity index (χ4n) is 1.96. The molecule has 1 N–H and O–H groups in total. The maximum atomic E-state index is 6.29. The van der Waals surface area contributed by atoms with Gasteiger partial charge in [-0.3, -0.25) is 0 Å². The fourth-order valence-corrected chi connectivity index (χ4v) is 2.92. The maximum absolute atomic E-state index is 6.29. The summed E-state index contributed by atoms with van der Waals surface area (Å²) in [6, 6.07) is 12.0. The van der Waals surface area contributed by atoms with E-state index in [1.165, 1.54) is 12.8 Å². The van der Waals surface area contributed by atoms with Crippen LogP contribution in [0.2, 0.25) is 10.0 Å². The molecular formula is C16H14BrCl2NO. The molecule has 5 heteroatoms. The van der Waals surface area contributed by atoms with Crippen LogP contribution in [0.1, 0.15) is 18.4 Å². The molecule has 21 heavy (non-hydrogen) atoms. The molecule has 0 spiro atoms. The van der Waals surface area contributed by atoms with E-state index in [9.17, 15) is 0 Å². The van der Waals surface area contributed by atoms with E-state index < -0.39 is 0 Å². The van der Waals surface area contributed by atoms with Gasteiger partial charge in [0.25, 0.3) is 0 Å². The summed E-state index contributed by atoms with van der Waals surface area (Å²) in [6.45, 7) is 0.837. The molecular weight excluding hydrogens is 373 g/mol. The number of nitrogens with one attached hydrogen (secondary N) is 1. The molecule has 0 aromatic heterocycles. The first-order chi connectivity index (χ1) is 10.1. The Bertz CT molecular complexity index is 659. The van der Waals surface area contributed by atoms with Gasteiger partial charge >= 0.3 is 0 Å². The molecule has 3 rings (SSSR count). The van der Waals surface area contributed by atoms with E-state index in [1.54, 1.807) is 6.07 Å².